The van der Waals surface area contributed by atoms with Crippen molar-refractivity contribution in [2.75, 3.05) is 19.6 Å². The first-order valence-electron chi connectivity index (χ1n) is 6.78. The van der Waals surface area contributed by atoms with Crippen LogP contribution in [0.1, 0.15) is 60.3 Å². The molecule has 0 atom stereocenters. The zero-order valence-electron chi connectivity index (χ0n) is 11.6. The standard InChI is InChI=1S/C14H31N/c1-6-7-8-9-10-15(11-13(2)3)12-14(4)5/h13-14H,6-12H2,1-5H3. The first-order valence-corrected chi connectivity index (χ1v) is 6.78. The Kier molecular flexibility index (Phi) is 9.18. The van der Waals surface area contributed by atoms with E-state index in [2.05, 4.69) is 39.5 Å². The van der Waals surface area contributed by atoms with Crippen LogP contribution in [0, 0.1) is 11.8 Å². The summed E-state index contributed by atoms with van der Waals surface area (Å²) in [5.74, 6) is 1.60. The molecular weight excluding hydrogens is 182 g/mol. The minimum absolute atomic E-state index is 0.801. The Hall–Kier alpha value is -0.0400. The summed E-state index contributed by atoms with van der Waals surface area (Å²) >= 11 is 0. The second kappa shape index (κ2) is 9.21. The van der Waals surface area contributed by atoms with Gasteiger partial charge in [-0.1, -0.05) is 53.9 Å². The lowest BCUT2D eigenvalue weighted by Gasteiger charge is -2.26. The third kappa shape index (κ3) is 10.2. The van der Waals surface area contributed by atoms with Gasteiger partial charge in [-0.25, -0.2) is 0 Å². The predicted octanol–water partition coefficient (Wildman–Crippen LogP) is 4.18. The topological polar surface area (TPSA) is 3.24 Å². The van der Waals surface area contributed by atoms with Crippen molar-refractivity contribution >= 4 is 0 Å². The molecule has 92 valence electrons. The zero-order valence-corrected chi connectivity index (χ0v) is 11.6. The van der Waals surface area contributed by atoms with Gasteiger partial charge in [0.2, 0.25) is 0 Å². The van der Waals surface area contributed by atoms with Gasteiger partial charge in [-0.3, -0.25) is 0 Å². The molecule has 1 heteroatoms. The number of hydrogen-bond donors (Lipinski definition) is 0. The maximum atomic E-state index is 2.64. The molecule has 0 aliphatic carbocycles. The fraction of sp³-hybridized carbons (Fsp3) is 1.00. The van der Waals surface area contributed by atoms with Gasteiger partial charge in [-0.05, 0) is 24.8 Å². The number of hydrogen-bond acceptors (Lipinski definition) is 1. The molecule has 0 aliphatic rings. The highest BCUT2D eigenvalue weighted by Gasteiger charge is 2.08. The first-order chi connectivity index (χ1) is 7.06. The first kappa shape index (κ1) is 15.0. The Bertz CT molecular complexity index is 119. The van der Waals surface area contributed by atoms with E-state index in [4.69, 9.17) is 0 Å². The second-order valence-corrected chi connectivity index (χ2v) is 5.61. The summed E-state index contributed by atoms with van der Waals surface area (Å²) in [6.45, 7) is 15.4. The Morgan fingerprint density at radius 3 is 1.73 bits per heavy atom. The molecule has 0 rings (SSSR count). The summed E-state index contributed by atoms with van der Waals surface area (Å²) in [5.41, 5.74) is 0. The minimum atomic E-state index is 0.801. The fourth-order valence-electron chi connectivity index (χ4n) is 2.05. The molecule has 0 aromatic heterocycles. The SMILES string of the molecule is CCCCCCN(CC(C)C)CC(C)C. The van der Waals surface area contributed by atoms with Crippen LogP contribution in [0.25, 0.3) is 0 Å². The van der Waals surface area contributed by atoms with Gasteiger partial charge in [-0.15, -0.1) is 0 Å². The van der Waals surface area contributed by atoms with Crippen molar-refractivity contribution in [1.29, 1.82) is 0 Å². The molecule has 0 aliphatic heterocycles. The lowest BCUT2D eigenvalue weighted by atomic mass is 10.1. The molecule has 0 radical (unpaired) electrons. The molecule has 0 bridgehead atoms. The van der Waals surface area contributed by atoms with Gasteiger partial charge in [-0.2, -0.15) is 0 Å². The van der Waals surface area contributed by atoms with Crippen molar-refractivity contribution in [1.82, 2.24) is 4.90 Å². The van der Waals surface area contributed by atoms with Crippen molar-refractivity contribution in [3.05, 3.63) is 0 Å². The molecule has 0 saturated heterocycles. The van der Waals surface area contributed by atoms with Gasteiger partial charge in [0, 0.05) is 13.1 Å². The molecule has 0 spiro atoms. The van der Waals surface area contributed by atoms with E-state index in [1.54, 1.807) is 0 Å². The van der Waals surface area contributed by atoms with E-state index in [-0.39, 0.29) is 0 Å². The molecule has 15 heavy (non-hydrogen) atoms. The largest absolute Gasteiger partial charge is 0.303 e. The van der Waals surface area contributed by atoms with Crippen molar-refractivity contribution in [3.8, 4) is 0 Å². The van der Waals surface area contributed by atoms with Crippen LogP contribution >= 0.6 is 0 Å². The van der Waals surface area contributed by atoms with Gasteiger partial charge in [0.25, 0.3) is 0 Å². The van der Waals surface area contributed by atoms with E-state index in [0.717, 1.165) is 11.8 Å². The fourth-order valence-corrected chi connectivity index (χ4v) is 2.05. The highest BCUT2D eigenvalue weighted by molar-refractivity contribution is 4.62. The summed E-state index contributed by atoms with van der Waals surface area (Å²) in [7, 11) is 0. The molecule has 0 saturated carbocycles. The van der Waals surface area contributed by atoms with Crippen LogP contribution in [0.5, 0.6) is 0 Å². The van der Waals surface area contributed by atoms with E-state index in [1.807, 2.05) is 0 Å². The average molecular weight is 213 g/mol. The molecule has 0 aromatic carbocycles. The molecule has 1 nitrogen and oxygen atoms in total. The van der Waals surface area contributed by atoms with Crippen LogP contribution in [0.3, 0.4) is 0 Å². The van der Waals surface area contributed by atoms with E-state index in [1.165, 1.54) is 45.3 Å². The van der Waals surface area contributed by atoms with Crippen LogP contribution in [0.2, 0.25) is 0 Å². The third-order valence-electron chi connectivity index (χ3n) is 2.57. The summed E-state index contributed by atoms with van der Waals surface area (Å²) in [4.78, 5) is 2.64. The monoisotopic (exact) mass is 213 g/mol. The van der Waals surface area contributed by atoms with Crippen molar-refractivity contribution in [3.63, 3.8) is 0 Å². The number of nitrogens with zero attached hydrogens (tertiary/aromatic N) is 1. The van der Waals surface area contributed by atoms with Crippen molar-refractivity contribution < 1.29 is 0 Å². The summed E-state index contributed by atoms with van der Waals surface area (Å²) < 4.78 is 0. The maximum absolute atomic E-state index is 2.64. The molecule has 0 amide bonds. The van der Waals surface area contributed by atoms with Crippen LogP contribution in [0.15, 0.2) is 0 Å². The molecule has 0 heterocycles. The van der Waals surface area contributed by atoms with Crippen LogP contribution in [-0.2, 0) is 0 Å². The maximum Gasteiger partial charge on any atom is 0.000449 e. The highest BCUT2D eigenvalue weighted by Crippen LogP contribution is 2.07. The van der Waals surface area contributed by atoms with E-state index in [9.17, 15) is 0 Å². The Morgan fingerprint density at radius 2 is 1.33 bits per heavy atom. The van der Waals surface area contributed by atoms with E-state index >= 15 is 0 Å². The van der Waals surface area contributed by atoms with Gasteiger partial charge < -0.3 is 4.90 Å². The Balaban J connectivity index is 3.69. The van der Waals surface area contributed by atoms with E-state index < -0.39 is 0 Å². The second-order valence-electron chi connectivity index (χ2n) is 5.61. The average Bonchev–Trinajstić information content (AvgIpc) is 2.10. The van der Waals surface area contributed by atoms with E-state index in [0.29, 0.717) is 0 Å². The molecular formula is C14H31N. The molecule has 0 fully saturated rings. The van der Waals surface area contributed by atoms with Gasteiger partial charge >= 0.3 is 0 Å². The molecule has 0 unspecified atom stereocenters. The van der Waals surface area contributed by atoms with Gasteiger partial charge in [0.15, 0.2) is 0 Å². The Labute approximate surface area is 97.2 Å². The van der Waals surface area contributed by atoms with Crippen LogP contribution < -0.4 is 0 Å². The summed E-state index contributed by atoms with van der Waals surface area (Å²) in [5, 5.41) is 0. The predicted molar refractivity (Wildman–Crippen MR) is 70.3 cm³/mol. The normalized spacial score (nSPS) is 12.0. The lowest BCUT2D eigenvalue weighted by Crippen LogP contribution is -2.32. The molecule has 0 N–H and O–H groups in total. The Morgan fingerprint density at radius 1 is 0.800 bits per heavy atom. The van der Waals surface area contributed by atoms with Crippen LogP contribution in [0.4, 0.5) is 0 Å². The summed E-state index contributed by atoms with van der Waals surface area (Å²) in [6.07, 6.45) is 5.53. The van der Waals surface area contributed by atoms with Crippen LogP contribution in [-0.4, -0.2) is 24.5 Å². The van der Waals surface area contributed by atoms with Gasteiger partial charge in [0.05, 0.1) is 0 Å². The van der Waals surface area contributed by atoms with Crippen molar-refractivity contribution in [2.24, 2.45) is 11.8 Å². The quantitative estimate of drug-likeness (QED) is 0.519. The smallest absolute Gasteiger partial charge is 0.000449 e. The minimum Gasteiger partial charge on any atom is -0.303 e. The zero-order chi connectivity index (χ0) is 11.7. The highest BCUT2D eigenvalue weighted by atomic mass is 15.1. The van der Waals surface area contributed by atoms with Gasteiger partial charge in [0.1, 0.15) is 0 Å². The number of unbranched alkanes of at least 4 members (excludes halogenated alkanes) is 3. The lowest BCUT2D eigenvalue weighted by molar-refractivity contribution is 0.215. The van der Waals surface area contributed by atoms with Crippen molar-refractivity contribution in [2.45, 2.75) is 60.3 Å². The summed E-state index contributed by atoms with van der Waals surface area (Å²) in [6, 6.07) is 0. The number of rotatable bonds is 9. The molecule has 0 aromatic rings. The third-order valence-corrected chi connectivity index (χ3v) is 2.57.